The van der Waals surface area contributed by atoms with Gasteiger partial charge in [0.05, 0.1) is 16.9 Å². The van der Waals surface area contributed by atoms with Crippen LogP contribution in [0.25, 0.3) is 10.9 Å². The number of hydrogen-bond donors (Lipinski definition) is 3. The normalized spacial score (nSPS) is 11.8. The van der Waals surface area contributed by atoms with Gasteiger partial charge in [-0.25, -0.2) is 4.99 Å². The molecule has 0 saturated carbocycles. The molecule has 0 bridgehead atoms. The van der Waals surface area contributed by atoms with Gasteiger partial charge in [0, 0.05) is 55.8 Å². The van der Waals surface area contributed by atoms with Crippen molar-refractivity contribution in [3.63, 3.8) is 0 Å². The molecule has 39 heavy (non-hydrogen) atoms. The molecular formula is C31H42N8. The molecule has 206 valence electrons. The lowest BCUT2D eigenvalue weighted by Gasteiger charge is -2.26. The summed E-state index contributed by atoms with van der Waals surface area (Å²) in [6.07, 6.45) is 8.13. The molecule has 0 saturated heterocycles. The fourth-order valence-corrected chi connectivity index (χ4v) is 4.34. The Balaban J connectivity index is 1.96. The minimum Gasteiger partial charge on any atom is -0.372 e. The lowest BCUT2D eigenvalue weighted by Crippen LogP contribution is -2.29. The molecule has 0 spiro atoms. The van der Waals surface area contributed by atoms with Gasteiger partial charge in [-0.15, -0.1) is 0 Å². The third-order valence-electron chi connectivity index (χ3n) is 6.54. The Labute approximate surface area is 232 Å². The Morgan fingerprint density at radius 3 is 2.54 bits per heavy atom. The Bertz CT molecular complexity index is 1360. The third kappa shape index (κ3) is 7.46. The molecule has 0 unspecified atom stereocenters. The van der Waals surface area contributed by atoms with Gasteiger partial charge in [0.1, 0.15) is 12.5 Å². The van der Waals surface area contributed by atoms with Crippen molar-refractivity contribution in [3.05, 3.63) is 90.9 Å². The molecule has 0 atom stereocenters. The first-order valence-corrected chi connectivity index (χ1v) is 13.1. The van der Waals surface area contributed by atoms with E-state index in [0.29, 0.717) is 13.2 Å². The molecule has 3 rings (SSSR count). The topological polar surface area (TPSA) is 86.2 Å². The maximum absolute atomic E-state index is 6.03. The average Bonchev–Trinajstić information content (AvgIpc) is 3.32. The summed E-state index contributed by atoms with van der Waals surface area (Å²) in [6.45, 7) is 16.3. The van der Waals surface area contributed by atoms with E-state index in [0.717, 1.165) is 64.6 Å². The number of nitrogens with two attached hydrogens (primary N) is 1. The van der Waals surface area contributed by atoms with Crippen LogP contribution >= 0.6 is 0 Å². The number of anilines is 3. The van der Waals surface area contributed by atoms with Crippen molar-refractivity contribution in [2.24, 2.45) is 15.7 Å². The summed E-state index contributed by atoms with van der Waals surface area (Å²) in [5.74, 6) is 0.738. The lowest BCUT2D eigenvalue weighted by atomic mass is 10.1. The smallest absolute Gasteiger partial charge is 0.135 e. The SMILES string of the molecule is C=CC(=C)Nc1cc(NCN=C(/C=C\N=C)n2cc(CN)c3ccccc32)c(CC)cc1N(C)CCN(C)C. The van der Waals surface area contributed by atoms with E-state index in [-0.39, 0.29) is 0 Å². The Morgan fingerprint density at radius 1 is 1.10 bits per heavy atom. The van der Waals surface area contributed by atoms with Crippen molar-refractivity contribution in [1.29, 1.82) is 0 Å². The number of fused-ring (bicyclic) bond motifs is 1. The number of aromatic nitrogens is 1. The quantitative estimate of drug-likeness (QED) is 0.151. The number of nitrogens with one attached hydrogen (secondary N) is 2. The molecule has 2 aromatic carbocycles. The van der Waals surface area contributed by atoms with E-state index in [1.807, 2.05) is 29.0 Å². The average molecular weight is 527 g/mol. The minimum absolute atomic E-state index is 0.367. The van der Waals surface area contributed by atoms with Crippen LogP contribution in [0, 0.1) is 0 Å². The highest BCUT2D eigenvalue weighted by Gasteiger charge is 2.14. The summed E-state index contributed by atoms with van der Waals surface area (Å²) >= 11 is 0. The van der Waals surface area contributed by atoms with E-state index < -0.39 is 0 Å². The monoisotopic (exact) mass is 526 g/mol. The fourth-order valence-electron chi connectivity index (χ4n) is 4.34. The first kappa shape index (κ1) is 29.4. The van der Waals surface area contributed by atoms with E-state index in [9.17, 15) is 0 Å². The number of benzene rings is 2. The third-order valence-corrected chi connectivity index (χ3v) is 6.54. The van der Waals surface area contributed by atoms with Crippen LogP contribution in [0.2, 0.25) is 0 Å². The van der Waals surface area contributed by atoms with Crippen LogP contribution in [0.3, 0.4) is 0 Å². The lowest BCUT2D eigenvalue weighted by molar-refractivity contribution is 0.416. The van der Waals surface area contributed by atoms with Crippen molar-refractivity contribution >= 4 is 40.5 Å². The van der Waals surface area contributed by atoms with Crippen LogP contribution in [-0.4, -0.2) is 62.9 Å². The molecule has 4 N–H and O–H groups in total. The maximum atomic E-state index is 6.03. The maximum Gasteiger partial charge on any atom is 0.135 e. The van der Waals surface area contributed by atoms with Crippen LogP contribution in [0.5, 0.6) is 0 Å². The second-order valence-corrected chi connectivity index (χ2v) is 9.55. The van der Waals surface area contributed by atoms with Gasteiger partial charge >= 0.3 is 0 Å². The highest BCUT2D eigenvalue weighted by atomic mass is 15.2. The molecule has 0 fully saturated rings. The number of aryl methyl sites for hydroxylation is 1. The molecule has 0 aliphatic carbocycles. The molecule has 0 radical (unpaired) electrons. The number of para-hydroxylation sites is 1. The first-order chi connectivity index (χ1) is 18.8. The predicted octanol–water partition coefficient (Wildman–Crippen LogP) is 5.30. The number of aliphatic imine (C=N–C) groups is 2. The van der Waals surface area contributed by atoms with Crippen molar-refractivity contribution in [2.45, 2.75) is 19.9 Å². The van der Waals surface area contributed by atoms with E-state index in [4.69, 9.17) is 10.7 Å². The molecule has 0 aliphatic rings. The second-order valence-electron chi connectivity index (χ2n) is 9.55. The molecule has 0 amide bonds. The zero-order valence-electron chi connectivity index (χ0n) is 23.7. The minimum atomic E-state index is 0.367. The molecular weight excluding hydrogens is 484 g/mol. The molecule has 0 aliphatic heterocycles. The Hall–Kier alpha value is -4.14. The van der Waals surface area contributed by atoms with Crippen LogP contribution in [-0.2, 0) is 13.0 Å². The molecule has 1 heterocycles. The summed E-state index contributed by atoms with van der Waals surface area (Å²) in [4.78, 5) is 13.2. The fraction of sp³-hybridized carbons (Fsp3) is 0.290. The summed E-state index contributed by atoms with van der Waals surface area (Å²) in [5.41, 5.74) is 13.2. The second kappa shape index (κ2) is 14.1. The zero-order chi connectivity index (χ0) is 28.4. The van der Waals surface area contributed by atoms with Gasteiger partial charge in [-0.2, -0.15) is 0 Å². The number of allylic oxidation sites excluding steroid dienone is 2. The van der Waals surface area contributed by atoms with E-state index in [2.05, 4.69) is 97.6 Å². The van der Waals surface area contributed by atoms with E-state index in [1.165, 1.54) is 5.56 Å². The standard InChI is InChI=1S/C31H42N8/c1-8-23(3)36-28-19-27(24(9-2)18-30(28)38(7)17-16-37(5)6)34-22-35-31(14-15-33-4)39-21-25(20-32)26-12-10-11-13-29(26)39/h8,10-15,18-19,21,34,36H,1,3-4,9,16-17,20,22,32H2,2,5-7H3/b15-14-,35-31?. The number of rotatable bonds is 14. The summed E-state index contributed by atoms with van der Waals surface area (Å²) in [6, 6.07) is 12.5. The van der Waals surface area contributed by atoms with Crippen molar-refractivity contribution < 1.29 is 0 Å². The highest BCUT2D eigenvalue weighted by molar-refractivity contribution is 6.02. The van der Waals surface area contributed by atoms with Gasteiger partial charge in [-0.3, -0.25) is 4.99 Å². The van der Waals surface area contributed by atoms with Crippen molar-refractivity contribution in [3.8, 4) is 0 Å². The predicted molar refractivity (Wildman–Crippen MR) is 170 cm³/mol. The Morgan fingerprint density at radius 2 is 1.87 bits per heavy atom. The molecule has 8 heteroatoms. The highest BCUT2D eigenvalue weighted by Crippen LogP contribution is 2.33. The number of likely N-dealkylation sites (N-methyl/N-ethyl adjacent to an activating group) is 2. The van der Waals surface area contributed by atoms with E-state index >= 15 is 0 Å². The molecule has 3 aromatic rings. The van der Waals surface area contributed by atoms with Crippen molar-refractivity contribution in [1.82, 2.24) is 9.47 Å². The van der Waals surface area contributed by atoms with Gasteiger partial charge in [0.2, 0.25) is 0 Å². The zero-order valence-corrected chi connectivity index (χ0v) is 23.7. The summed E-state index contributed by atoms with van der Waals surface area (Å²) in [7, 11) is 6.28. The van der Waals surface area contributed by atoms with Gasteiger partial charge < -0.3 is 30.7 Å². The van der Waals surface area contributed by atoms with E-state index in [1.54, 1.807) is 12.3 Å². The van der Waals surface area contributed by atoms with Crippen molar-refractivity contribution in [2.75, 3.05) is 56.4 Å². The molecule has 1 aromatic heterocycles. The van der Waals surface area contributed by atoms with Crippen LogP contribution in [0.4, 0.5) is 17.1 Å². The Kier molecular flexibility index (Phi) is 10.7. The summed E-state index contributed by atoms with van der Waals surface area (Å²) in [5, 5.41) is 8.05. The number of nitrogens with zero attached hydrogens (tertiary/aromatic N) is 5. The first-order valence-electron chi connectivity index (χ1n) is 13.1. The number of hydrogen-bond acceptors (Lipinski definition) is 7. The molecule has 8 nitrogen and oxygen atoms in total. The van der Waals surface area contributed by atoms with Gasteiger partial charge in [0.25, 0.3) is 0 Å². The van der Waals surface area contributed by atoms with Gasteiger partial charge in [-0.05, 0) is 68.7 Å². The van der Waals surface area contributed by atoms with Gasteiger partial charge in [0.15, 0.2) is 0 Å². The summed E-state index contributed by atoms with van der Waals surface area (Å²) < 4.78 is 2.05. The van der Waals surface area contributed by atoms with Crippen LogP contribution < -0.4 is 21.3 Å². The van der Waals surface area contributed by atoms with Crippen LogP contribution in [0.1, 0.15) is 18.1 Å². The van der Waals surface area contributed by atoms with Crippen LogP contribution in [0.15, 0.2) is 89.8 Å². The largest absolute Gasteiger partial charge is 0.372 e. The van der Waals surface area contributed by atoms with Gasteiger partial charge in [-0.1, -0.05) is 38.3 Å².